The maximum Gasteiger partial charge on any atom is 0.165 e. The molecule has 0 aliphatic rings. The van der Waals surface area contributed by atoms with Gasteiger partial charge in [-0.2, -0.15) is 9.61 Å². The second kappa shape index (κ2) is 9.08. The van der Waals surface area contributed by atoms with Crippen LogP contribution in [0.1, 0.15) is 23.9 Å². The van der Waals surface area contributed by atoms with Crippen molar-refractivity contribution in [3.05, 3.63) is 71.5 Å². The maximum atomic E-state index is 5.42. The first-order valence-electron chi connectivity index (χ1n) is 10.5. The molecule has 0 fully saturated rings. The lowest BCUT2D eigenvalue weighted by molar-refractivity contribution is 0.354. The van der Waals surface area contributed by atoms with Gasteiger partial charge < -0.3 is 14.8 Å². The maximum absolute atomic E-state index is 5.42. The molecule has 0 unspecified atom stereocenters. The zero-order valence-electron chi connectivity index (χ0n) is 18.5. The Bertz CT molecular complexity index is 1190. The summed E-state index contributed by atoms with van der Waals surface area (Å²) < 4.78 is 12.7. The minimum absolute atomic E-state index is 0.739. The summed E-state index contributed by atoms with van der Waals surface area (Å²) in [4.78, 5) is 4.82. The van der Waals surface area contributed by atoms with Crippen LogP contribution in [0.5, 0.6) is 11.5 Å². The van der Waals surface area contributed by atoms with Crippen molar-refractivity contribution in [3.8, 4) is 22.6 Å². The number of methoxy groups -OCH3 is 2. The van der Waals surface area contributed by atoms with Crippen molar-refractivity contribution >= 4 is 11.5 Å². The molecule has 4 aromatic rings. The number of hydrogen-bond donors (Lipinski definition) is 1. The van der Waals surface area contributed by atoms with Crippen LogP contribution in [0.25, 0.3) is 16.8 Å². The van der Waals surface area contributed by atoms with Crippen LogP contribution >= 0.6 is 0 Å². The summed E-state index contributed by atoms with van der Waals surface area (Å²) in [6.07, 6.45) is 1.69. The molecular weight excluding hydrogens is 388 g/mol. The molecule has 4 rings (SSSR count). The summed E-state index contributed by atoms with van der Waals surface area (Å²) in [5.74, 6) is 2.43. The molecule has 31 heavy (non-hydrogen) atoms. The van der Waals surface area contributed by atoms with E-state index >= 15 is 0 Å². The predicted molar refractivity (Wildman–Crippen MR) is 124 cm³/mol. The molecule has 1 N–H and O–H groups in total. The lowest BCUT2D eigenvalue weighted by Gasteiger charge is -2.12. The molecule has 6 nitrogen and oxygen atoms in total. The van der Waals surface area contributed by atoms with E-state index in [4.69, 9.17) is 19.6 Å². The van der Waals surface area contributed by atoms with E-state index in [1.807, 2.05) is 35.7 Å². The third-order valence-electron chi connectivity index (χ3n) is 5.35. The van der Waals surface area contributed by atoms with Crippen molar-refractivity contribution in [2.45, 2.75) is 26.7 Å². The highest BCUT2D eigenvalue weighted by atomic mass is 16.5. The molecule has 0 saturated carbocycles. The van der Waals surface area contributed by atoms with Gasteiger partial charge in [0.25, 0.3) is 0 Å². The zero-order chi connectivity index (χ0) is 21.8. The summed E-state index contributed by atoms with van der Waals surface area (Å²) in [6, 6.07) is 18.4. The molecule has 0 atom stereocenters. The standard InChI is InChI=1S/C25H28N4O2/c1-5-20-24(19-9-7-6-8-10-19)25-27-17(2)15-23(29(25)28-20)26-14-13-18-11-12-21(30-3)22(16-18)31-4/h6-12,15-16,26H,5,13-14H2,1-4H3. The monoisotopic (exact) mass is 416 g/mol. The van der Waals surface area contributed by atoms with Crippen LogP contribution < -0.4 is 14.8 Å². The molecule has 0 aliphatic heterocycles. The Morgan fingerprint density at radius 1 is 0.968 bits per heavy atom. The van der Waals surface area contributed by atoms with Gasteiger partial charge in [0.15, 0.2) is 17.1 Å². The van der Waals surface area contributed by atoms with Crippen molar-refractivity contribution < 1.29 is 9.47 Å². The second-order valence-electron chi connectivity index (χ2n) is 7.43. The Kier molecular flexibility index (Phi) is 6.07. The summed E-state index contributed by atoms with van der Waals surface area (Å²) in [7, 11) is 3.30. The molecule has 0 bridgehead atoms. The van der Waals surface area contributed by atoms with E-state index in [0.717, 1.165) is 64.9 Å². The van der Waals surface area contributed by atoms with Gasteiger partial charge in [-0.1, -0.05) is 43.3 Å². The van der Waals surface area contributed by atoms with Gasteiger partial charge in [-0.3, -0.25) is 0 Å². The minimum Gasteiger partial charge on any atom is -0.493 e. The summed E-state index contributed by atoms with van der Waals surface area (Å²) in [5.41, 5.74) is 6.31. The van der Waals surface area contributed by atoms with Crippen LogP contribution in [-0.4, -0.2) is 35.4 Å². The quantitative estimate of drug-likeness (QED) is 0.441. The fraction of sp³-hybridized carbons (Fsp3) is 0.280. The van der Waals surface area contributed by atoms with E-state index in [1.54, 1.807) is 14.2 Å². The molecular formula is C25H28N4O2. The minimum atomic E-state index is 0.739. The number of nitrogens with one attached hydrogen (secondary N) is 1. The van der Waals surface area contributed by atoms with E-state index in [9.17, 15) is 0 Å². The van der Waals surface area contributed by atoms with E-state index in [2.05, 4.69) is 42.6 Å². The first-order valence-corrected chi connectivity index (χ1v) is 10.5. The van der Waals surface area contributed by atoms with Gasteiger partial charge in [-0.25, -0.2) is 4.98 Å². The van der Waals surface area contributed by atoms with Gasteiger partial charge >= 0.3 is 0 Å². The average Bonchev–Trinajstić information content (AvgIpc) is 3.18. The fourth-order valence-corrected chi connectivity index (χ4v) is 3.83. The number of nitrogens with zero attached hydrogens (tertiary/aromatic N) is 3. The highest BCUT2D eigenvalue weighted by Crippen LogP contribution is 2.30. The smallest absolute Gasteiger partial charge is 0.165 e. The van der Waals surface area contributed by atoms with Gasteiger partial charge in [-0.05, 0) is 43.0 Å². The van der Waals surface area contributed by atoms with Crippen LogP contribution in [0.2, 0.25) is 0 Å². The molecule has 0 radical (unpaired) electrons. The van der Waals surface area contributed by atoms with E-state index < -0.39 is 0 Å². The van der Waals surface area contributed by atoms with Gasteiger partial charge in [0.05, 0.1) is 19.9 Å². The number of ether oxygens (including phenoxy) is 2. The largest absolute Gasteiger partial charge is 0.493 e. The van der Waals surface area contributed by atoms with Gasteiger partial charge in [0.1, 0.15) is 5.82 Å². The van der Waals surface area contributed by atoms with Crippen molar-refractivity contribution in [3.63, 3.8) is 0 Å². The van der Waals surface area contributed by atoms with Gasteiger partial charge in [-0.15, -0.1) is 0 Å². The molecule has 2 aromatic carbocycles. The zero-order valence-corrected chi connectivity index (χ0v) is 18.5. The van der Waals surface area contributed by atoms with E-state index in [0.29, 0.717) is 0 Å². The van der Waals surface area contributed by atoms with E-state index in [1.165, 1.54) is 5.56 Å². The van der Waals surface area contributed by atoms with Crippen molar-refractivity contribution in [1.82, 2.24) is 14.6 Å². The number of rotatable bonds is 8. The van der Waals surface area contributed by atoms with Crippen LogP contribution in [0.15, 0.2) is 54.6 Å². The highest BCUT2D eigenvalue weighted by Gasteiger charge is 2.17. The number of hydrogen-bond acceptors (Lipinski definition) is 5. The molecule has 0 spiro atoms. The van der Waals surface area contributed by atoms with Crippen LogP contribution in [-0.2, 0) is 12.8 Å². The molecule has 0 aliphatic carbocycles. The van der Waals surface area contributed by atoms with Crippen molar-refractivity contribution in [1.29, 1.82) is 0 Å². The SMILES string of the molecule is CCc1nn2c(NCCc3ccc(OC)c(OC)c3)cc(C)nc2c1-c1ccccc1. The van der Waals surface area contributed by atoms with E-state index in [-0.39, 0.29) is 0 Å². The van der Waals surface area contributed by atoms with Crippen LogP contribution in [0, 0.1) is 6.92 Å². The summed E-state index contributed by atoms with van der Waals surface area (Å²) in [5, 5.41) is 8.43. The lowest BCUT2D eigenvalue weighted by atomic mass is 10.0. The first kappa shape index (κ1) is 20.7. The highest BCUT2D eigenvalue weighted by molar-refractivity contribution is 5.81. The Morgan fingerprint density at radius 2 is 1.74 bits per heavy atom. The summed E-state index contributed by atoms with van der Waals surface area (Å²) in [6.45, 7) is 4.91. The Labute approximate surface area is 182 Å². The van der Waals surface area contributed by atoms with Gasteiger partial charge in [0, 0.05) is 23.9 Å². The number of fused-ring (bicyclic) bond motifs is 1. The topological polar surface area (TPSA) is 60.7 Å². The molecule has 6 heteroatoms. The Hall–Kier alpha value is -3.54. The Balaban J connectivity index is 1.62. The van der Waals surface area contributed by atoms with Gasteiger partial charge in [0.2, 0.25) is 0 Å². The third kappa shape index (κ3) is 4.19. The molecule has 0 amide bonds. The molecule has 2 heterocycles. The lowest BCUT2D eigenvalue weighted by Crippen LogP contribution is -2.10. The normalized spacial score (nSPS) is 11.0. The number of anilines is 1. The van der Waals surface area contributed by atoms with Crippen LogP contribution in [0.3, 0.4) is 0 Å². The number of aromatic nitrogens is 3. The molecule has 160 valence electrons. The second-order valence-corrected chi connectivity index (χ2v) is 7.43. The fourth-order valence-electron chi connectivity index (χ4n) is 3.83. The average molecular weight is 417 g/mol. The van der Waals surface area contributed by atoms with Crippen molar-refractivity contribution in [2.24, 2.45) is 0 Å². The molecule has 2 aromatic heterocycles. The predicted octanol–water partition coefficient (Wildman–Crippen LogP) is 4.94. The third-order valence-corrected chi connectivity index (χ3v) is 5.35. The van der Waals surface area contributed by atoms with Crippen molar-refractivity contribution in [2.75, 3.05) is 26.1 Å². The number of benzene rings is 2. The summed E-state index contributed by atoms with van der Waals surface area (Å²) >= 11 is 0. The Morgan fingerprint density at radius 3 is 2.45 bits per heavy atom. The molecule has 0 saturated heterocycles. The first-order chi connectivity index (χ1) is 15.1. The van der Waals surface area contributed by atoms with Crippen LogP contribution in [0.4, 0.5) is 5.82 Å². The number of aryl methyl sites for hydroxylation is 2.